The van der Waals surface area contributed by atoms with Gasteiger partial charge in [-0.2, -0.15) is 0 Å². The molecule has 2 heteroatoms. The van der Waals surface area contributed by atoms with Crippen LogP contribution in [0.3, 0.4) is 0 Å². The number of hydrogen-bond acceptors (Lipinski definition) is 2. The summed E-state index contributed by atoms with van der Waals surface area (Å²) >= 11 is 0. The maximum Gasteiger partial charge on any atom is 0.137 e. The van der Waals surface area contributed by atoms with Gasteiger partial charge in [0.05, 0.1) is 22.2 Å². The van der Waals surface area contributed by atoms with E-state index >= 15 is 0 Å². The lowest BCUT2D eigenvalue weighted by Gasteiger charge is -2.34. The molecule has 11 aromatic carbocycles. The summed E-state index contributed by atoms with van der Waals surface area (Å²) in [5, 5.41) is 4.71. The van der Waals surface area contributed by atoms with Gasteiger partial charge in [0, 0.05) is 16.6 Å². The number of fused-ring (bicyclic) bond motifs is 7. The average Bonchev–Trinajstić information content (AvgIpc) is 3.94. The zero-order valence-electron chi connectivity index (χ0n) is 36.7. The van der Waals surface area contributed by atoms with Crippen molar-refractivity contribution in [3.63, 3.8) is 0 Å². The molecule has 2 nitrogen and oxygen atoms in total. The fourth-order valence-electron chi connectivity index (χ4n) is 11.0. The number of rotatable bonds is 8. The molecular formula is C65H43NO. The quantitative estimate of drug-likeness (QED) is 0.151. The summed E-state index contributed by atoms with van der Waals surface area (Å²) < 4.78 is 6.55. The Kier molecular flexibility index (Phi) is 9.11. The summed E-state index contributed by atoms with van der Waals surface area (Å²) in [7, 11) is 0. The third-order valence-corrected chi connectivity index (χ3v) is 14.0. The normalized spacial score (nSPS) is 12.6. The lowest BCUT2D eigenvalue weighted by atomic mass is 9.68. The Balaban J connectivity index is 0.935. The number of nitrogens with zero attached hydrogens (tertiary/aromatic N) is 1. The molecule has 0 bridgehead atoms. The molecule has 12 aromatic rings. The Bertz CT molecular complexity index is 3730. The van der Waals surface area contributed by atoms with Crippen LogP contribution in [0.5, 0.6) is 0 Å². The van der Waals surface area contributed by atoms with E-state index in [0.717, 1.165) is 44.6 Å². The molecule has 13 rings (SSSR count). The SMILES string of the molecule is c1ccc(C2(c3ccccc3)c3ccccc3-c3c(N(c4ccc(-c5ccc(-c6ccc(-c7cccc8ccccc78)cc6)cc5)cc4)c4cccc5oc6ccccc6c45)cccc32)cc1. The molecule has 314 valence electrons. The monoisotopic (exact) mass is 853 g/mol. The largest absolute Gasteiger partial charge is 0.456 e. The molecule has 1 aromatic heterocycles. The van der Waals surface area contributed by atoms with Crippen molar-refractivity contribution in [3.05, 3.63) is 283 Å². The van der Waals surface area contributed by atoms with Crippen LogP contribution in [0.15, 0.2) is 265 Å². The van der Waals surface area contributed by atoms with Gasteiger partial charge < -0.3 is 9.32 Å². The Hall–Kier alpha value is -8.72. The Morgan fingerprint density at radius 2 is 0.791 bits per heavy atom. The zero-order valence-corrected chi connectivity index (χ0v) is 36.7. The van der Waals surface area contributed by atoms with Crippen LogP contribution in [0.2, 0.25) is 0 Å². The van der Waals surface area contributed by atoms with Crippen molar-refractivity contribution < 1.29 is 4.42 Å². The number of benzene rings is 11. The first-order valence-corrected chi connectivity index (χ1v) is 23.1. The summed E-state index contributed by atoms with van der Waals surface area (Å²) in [6.45, 7) is 0. The van der Waals surface area contributed by atoms with E-state index in [9.17, 15) is 0 Å². The second-order valence-electron chi connectivity index (χ2n) is 17.5. The number of furan rings is 1. The van der Waals surface area contributed by atoms with Crippen LogP contribution in [-0.4, -0.2) is 0 Å². The van der Waals surface area contributed by atoms with Crippen molar-refractivity contribution >= 4 is 49.8 Å². The predicted octanol–water partition coefficient (Wildman–Crippen LogP) is 17.6. The molecule has 0 amide bonds. The highest BCUT2D eigenvalue weighted by atomic mass is 16.3. The summed E-state index contributed by atoms with van der Waals surface area (Å²) in [5.41, 5.74) is 19.1. The van der Waals surface area contributed by atoms with Gasteiger partial charge in [0.1, 0.15) is 11.2 Å². The summed E-state index contributed by atoms with van der Waals surface area (Å²) in [4.78, 5) is 2.46. The predicted molar refractivity (Wildman–Crippen MR) is 280 cm³/mol. The molecule has 0 atom stereocenters. The highest BCUT2D eigenvalue weighted by Gasteiger charge is 2.47. The van der Waals surface area contributed by atoms with Gasteiger partial charge in [0.25, 0.3) is 0 Å². The molecule has 0 spiro atoms. The van der Waals surface area contributed by atoms with Gasteiger partial charge >= 0.3 is 0 Å². The molecule has 1 aliphatic rings. The third-order valence-electron chi connectivity index (χ3n) is 14.0. The lowest BCUT2D eigenvalue weighted by molar-refractivity contribution is 0.669. The van der Waals surface area contributed by atoms with Gasteiger partial charge in [-0.1, -0.05) is 224 Å². The maximum absolute atomic E-state index is 6.55. The lowest BCUT2D eigenvalue weighted by Crippen LogP contribution is -2.28. The summed E-state index contributed by atoms with van der Waals surface area (Å²) in [6.07, 6.45) is 0. The van der Waals surface area contributed by atoms with Crippen molar-refractivity contribution in [2.24, 2.45) is 0 Å². The number of para-hydroxylation sites is 1. The van der Waals surface area contributed by atoms with Crippen molar-refractivity contribution in [1.82, 2.24) is 0 Å². The third kappa shape index (κ3) is 6.18. The Morgan fingerprint density at radius 3 is 1.49 bits per heavy atom. The molecule has 1 aliphatic carbocycles. The minimum Gasteiger partial charge on any atom is -0.456 e. The molecule has 1 heterocycles. The van der Waals surface area contributed by atoms with Crippen LogP contribution < -0.4 is 4.90 Å². The van der Waals surface area contributed by atoms with Crippen LogP contribution in [0, 0.1) is 0 Å². The smallest absolute Gasteiger partial charge is 0.137 e. The van der Waals surface area contributed by atoms with E-state index in [4.69, 9.17) is 4.42 Å². The molecule has 0 saturated heterocycles. The molecule has 0 N–H and O–H groups in total. The van der Waals surface area contributed by atoms with Crippen LogP contribution in [-0.2, 0) is 5.41 Å². The molecule has 0 saturated carbocycles. The number of hydrogen-bond donors (Lipinski definition) is 0. The van der Waals surface area contributed by atoms with Gasteiger partial charge in [-0.05, 0) is 108 Å². The topological polar surface area (TPSA) is 16.4 Å². The Labute approximate surface area is 390 Å². The van der Waals surface area contributed by atoms with E-state index in [-0.39, 0.29) is 0 Å². The highest BCUT2D eigenvalue weighted by molar-refractivity contribution is 6.14. The van der Waals surface area contributed by atoms with Crippen molar-refractivity contribution in [2.45, 2.75) is 5.41 Å². The first-order valence-electron chi connectivity index (χ1n) is 23.1. The van der Waals surface area contributed by atoms with Gasteiger partial charge in [0.15, 0.2) is 0 Å². The van der Waals surface area contributed by atoms with E-state index in [1.165, 1.54) is 72.0 Å². The average molecular weight is 854 g/mol. The Morgan fingerprint density at radius 1 is 0.313 bits per heavy atom. The summed E-state index contributed by atoms with van der Waals surface area (Å²) in [5.74, 6) is 0. The van der Waals surface area contributed by atoms with E-state index in [1.807, 2.05) is 6.07 Å². The molecule has 0 unspecified atom stereocenters. The van der Waals surface area contributed by atoms with E-state index < -0.39 is 5.41 Å². The van der Waals surface area contributed by atoms with E-state index in [1.54, 1.807) is 0 Å². The van der Waals surface area contributed by atoms with Gasteiger partial charge in [-0.3, -0.25) is 0 Å². The van der Waals surface area contributed by atoms with Crippen molar-refractivity contribution in [3.8, 4) is 44.5 Å². The van der Waals surface area contributed by atoms with Crippen LogP contribution in [0.25, 0.3) is 77.2 Å². The molecular weight excluding hydrogens is 811 g/mol. The minimum atomic E-state index is -0.528. The van der Waals surface area contributed by atoms with Crippen LogP contribution in [0.4, 0.5) is 17.1 Å². The highest BCUT2D eigenvalue weighted by Crippen LogP contribution is 2.60. The van der Waals surface area contributed by atoms with E-state index in [0.29, 0.717) is 0 Å². The molecule has 0 fully saturated rings. The fraction of sp³-hybridized carbons (Fsp3) is 0.0154. The first-order chi connectivity index (χ1) is 33.2. The van der Waals surface area contributed by atoms with Gasteiger partial charge in [-0.25, -0.2) is 0 Å². The maximum atomic E-state index is 6.55. The number of anilines is 3. The second-order valence-corrected chi connectivity index (χ2v) is 17.5. The van der Waals surface area contributed by atoms with Crippen molar-refractivity contribution in [2.75, 3.05) is 4.90 Å². The van der Waals surface area contributed by atoms with Crippen LogP contribution in [0.1, 0.15) is 22.3 Å². The fourth-order valence-corrected chi connectivity index (χ4v) is 11.0. The van der Waals surface area contributed by atoms with Crippen molar-refractivity contribution in [1.29, 1.82) is 0 Å². The zero-order chi connectivity index (χ0) is 44.3. The summed E-state index contributed by atoms with van der Waals surface area (Å²) in [6, 6.07) is 94.9. The van der Waals surface area contributed by atoms with Gasteiger partial charge in [0.2, 0.25) is 0 Å². The first kappa shape index (κ1) is 38.7. The van der Waals surface area contributed by atoms with Gasteiger partial charge in [-0.15, -0.1) is 0 Å². The minimum absolute atomic E-state index is 0.528. The van der Waals surface area contributed by atoms with Crippen LogP contribution >= 0.6 is 0 Å². The standard InChI is InChI=1S/C65H43NO/c1-3-18-50(19-4-1)65(51-20-5-2-6-21-51)57-26-11-9-23-55(57)63-58(65)27-14-28-59(63)66(60-29-15-31-62-64(60)56-24-10-12-30-61(56)67-62)52-42-40-47(41-43-52)45-34-32-44(33-35-45)46-36-38-49(39-37-46)54-25-13-17-48-16-7-8-22-53(48)54/h1-43H. The molecule has 67 heavy (non-hydrogen) atoms. The second kappa shape index (κ2) is 15.8. The molecule has 0 radical (unpaired) electrons. The van der Waals surface area contributed by atoms with E-state index in [2.05, 4.69) is 260 Å². The molecule has 0 aliphatic heterocycles.